The second-order valence-corrected chi connectivity index (χ2v) is 7.11. The van der Waals surface area contributed by atoms with Gasteiger partial charge in [0, 0.05) is 37.7 Å². The van der Waals surface area contributed by atoms with Gasteiger partial charge in [-0.1, -0.05) is 6.92 Å². The largest absolute Gasteiger partial charge is 0.342 e. The van der Waals surface area contributed by atoms with Crippen molar-refractivity contribution in [3.63, 3.8) is 0 Å². The van der Waals surface area contributed by atoms with E-state index in [1.54, 1.807) is 4.90 Å². The van der Waals surface area contributed by atoms with E-state index in [1.807, 2.05) is 4.90 Å². The van der Waals surface area contributed by atoms with Crippen LogP contribution in [0.2, 0.25) is 0 Å². The van der Waals surface area contributed by atoms with Crippen LogP contribution in [0.15, 0.2) is 24.3 Å². The monoisotopic (exact) mass is 332 g/mol. The molecule has 0 aliphatic carbocycles. The van der Waals surface area contributed by atoms with Crippen molar-refractivity contribution in [3.8, 4) is 0 Å². The molecule has 24 heavy (non-hydrogen) atoms. The molecule has 1 aromatic rings. The molecule has 0 aromatic heterocycles. The summed E-state index contributed by atoms with van der Waals surface area (Å²) in [7, 11) is 0. The minimum absolute atomic E-state index is 0.0348. The van der Waals surface area contributed by atoms with E-state index in [-0.39, 0.29) is 23.5 Å². The van der Waals surface area contributed by atoms with Gasteiger partial charge in [0.2, 0.25) is 5.91 Å². The number of carbonyl (C=O) groups excluding carboxylic acids is 2. The standard InChI is InChI=1S/C19H25FN2O2/c1-14-3-2-10-22(13-14)19(24)16-8-11-21(12-9-16)18(23)15-4-6-17(20)7-5-15/h4-7,14,16H,2-3,8-13H2,1H3. The second kappa shape index (κ2) is 7.32. The summed E-state index contributed by atoms with van der Waals surface area (Å²) in [6, 6.07) is 5.65. The third kappa shape index (κ3) is 3.77. The minimum Gasteiger partial charge on any atom is -0.342 e. The number of piperidine rings is 2. The molecule has 0 bridgehead atoms. The lowest BCUT2D eigenvalue weighted by molar-refractivity contribution is -0.138. The molecule has 3 rings (SSSR count). The third-order valence-corrected chi connectivity index (χ3v) is 5.19. The number of benzene rings is 1. The Morgan fingerprint density at radius 2 is 1.67 bits per heavy atom. The molecule has 0 spiro atoms. The molecule has 1 aromatic carbocycles. The fourth-order valence-electron chi connectivity index (χ4n) is 3.75. The van der Waals surface area contributed by atoms with Gasteiger partial charge in [0.15, 0.2) is 0 Å². The van der Waals surface area contributed by atoms with Gasteiger partial charge in [-0.05, 0) is 55.9 Å². The molecule has 2 saturated heterocycles. The summed E-state index contributed by atoms with van der Waals surface area (Å²) in [5, 5.41) is 0. The Morgan fingerprint density at radius 1 is 1.00 bits per heavy atom. The van der Waals surface area contributed by atoms with Crippen molar-refractivity contribution < 1.29 is 14.0 Å². The number of hydrogen-bond donors (Lipinski definition) is 0. The van der Waals surface area contributed by atoms with Gasteiger partial charge < -0.3 is 9.80 Å². The number of amides is 2. The van der Waals surface area contributed by atoms with Gasteiger partial charge >= 0.3 is 0 Å². The molecule has 130 valence electrons. The fraction of sp³-hybridized carbons (Fsp3) is 0.579. The molecule has 0 N–H and O–H groups in total. The Labute approximate surface area is 142 Å². The van der Waals surface area contributed by atoms with Crippen LogP contribution < -0.4 is 0 Å². The van der Waals surface area contributed by atoms with Crippen molar-refractivity contribution in [2.75, 3.05) is 26.2 Å². The smallest absolute Gasteiger partial charge is 0.253 e. The van der Waals surface area contributed by atoms with Crippen molar-refractivity contribution >= 4 is 11.8 Å². The van der Waals surface area contributed by atoms with Crippen molar-refractivity contribution in [2.45, 2.75) is 32.6 Å². The van der Waals surface area contributed by atoms with Crippen molar-refractivity contribution in [2.24, 2.45) is 11.8 Å². The Kier molecular flexibility index (Phi) is 5.17. The maximum absolute atomic E-state index is 13.0. The zero-order valence-corrected chi connectivity index (χ0v) is 14.2. The summed E-state index contributed by atoms with van der Waals surface area (Å²) < 4.78 is 13.0. The van der Waals surface area contributed by atoms with E-state index < -0.39 is 0 Å². The first kappa shape index (κ1) is 16.9. The van der Waals surface area contributed by atoms with Gasteiger partial charge in [-0.25, -0.2) is 4.39 Å². The van der Waals surface area contributed by atoms with Crippen LogP contribution in [-0.4, -0.2) is 47.8 Å². The average Bonchev–Trinajstić information content (AvgIpc) is 2.61. The van der Waals surface area contributed by atoms with Gasteiger partial charge in [-0.3, -0.25) is 9.59 Å². The molecule has 1 atom stereocenters. The number of nitrogens with zero attached hydrogens (tertiary/aromatic N) is 2. The average molecular weight is 332 g/mol. The molecule has 2 fully saturated rings. The lowest BCUT2D eigenvalue weighted by atomic mass is 9.92. The highest BCUT2D eigenvalue weighted by atomic mass is 19.1. The first-order chi connectivity index (χ1) is 11.5. The molecule has 1 unspecified atom stereocenters. The molecule has 5 heteroatoms. The van der Waals surface area contributed by atoms with E-state index in [0.29, 0.717) is 24.6 Å². The molecule has 2 aliphatic rings. The second-order valence-electron chi connectivity index (χ2n) is 7.11. The van der Waals surface area contributed by atoms with Gasteiger partial charge in [0.05, 0.1) is 0 Å². The Bertz CT molecular complexity index is 594. The fourth-order valence-corrected chi connectivity index (χ4v) is 3.75. The summed E-state index contributed by atoms with van der Waals surface area (Å²) in [5.74, 6) is 0.463. The highest BCUT2D eigenvalue weighted by Crippen LogP contribution is 2.24. The molecule has 2 aliphatic heterocycles. The van der Waals surface area contributed by atoms with Crippen LogP contribution in [0.25, 0.3) is 0 Å². The molecule has 2 amide bonds. The van der Waals surface area contributed by atoms with E-state index in [4.69, 9.17) is 0 Å². The zero-order valence-electron chi connectivity index (χ0n) is 14.2. The van der Waals surface area contributed by atoms with E-state index in [2.05, 4.69) is 6.92 Å². The topological polar surface area (TPSA) is 40.6 Å². The Hall–Kier alpha value is -1.91. The zero-order chi connectivity index (χ0) is 17.1. The predicted molar refractivity (Wildman–Crippen MR) is 90.0 cm³/mol. The molecule has 0 radical (unpaired) electrons. The maximum atomic E-state index is 13.0. The highest BCUT2D eigenvalue weighted by molar-refractivity contribution is 5.94. The van der Waals surface area contributed by atoms with Crippen LogP contribution in [-0.2, 0) is 4.79 Å². The Balaban J connectivity index is 1.54. The van der Waals surface area contributed by atoms with Crippen LogP contribution in [0.5, 0.6) is 0 Å². The van der Waals surface area contributed by atoms with Gasteiger partial charge in [0.1, 0.15) is 5.82 Å². The van der Waals surface area contributed by atoms with Crippen molar-refractivity contribution in [1.29, 1.82) is 0 Å². The van der Waals surface area contributed by atoms with Crippen LogP contribution >= 0.6 is 0 Å². The van der Waals surface area contributed by atoms with Gasteiger partial charge in [-0.2, -0.15) is 0 Å². The summed E-state index contributed by atoms with van der Waals surface area (Å²) in [6.45, 7) is 5.13. The predicted octanol–water partition coefficient (Wildman–Crippen LogP) is 2.94. The quantitative estimate of drug-likeness (QED) is 0.835. The van der Waals surface area contributed by atoms with Crippen LogP contribution in [0.4, 0.5) is 4.39 Å². The SMILES string of the molecule is CC1CCCN(C(=O)C2CCN(C(=O)c3ccc(F)cc3)CC2)C1. The summed E-state index contributed by atoms with van der Waals surface area (Å²) >= 11 is 0. The molecular formula is C19H25FN2O2. The minimum atomic E-state index is -0.341. The molecule has 2 heterocycles. The van der Waals surface area contributed by atoms with Crippen molar-refractivity contribution in [3.05, 3.63) is 35.6 Å². The van der Waals surface area contributed by atoms with Crippen LogP contribution in [0.3, 0.4) is 0 Å². The maximum Gasteiger partial charge on any atom is 0.253 e. The van der Waals surface area contributed by atoms with Crippen molar-refractivity contribution in [1.82, 2.24) is 9.80 Å². The van der Waals surface area contributed by atoms with Gasteiger partial charge in [0.25, 0.3) is 5.91 Å². The first-order valence-corrected chi connectivity index (χ1v) is 8.88. The van der Waals surface area contributed by atoms with Crippen LogP contribution in [0.1, 0.15) is 43.0 Å². The third-order valence-electron chi connectivity index (χ3n) is 5.19. The Morgan fingerprint density at radius 3 is 2.29 bits per heavy atom. The van der Waals surface area contributed by atoms with E-state index in [9.17, 15) is 14.0 Å². The van der Waals surface area contributed by atoms with E-state index in [0.717, 1.165) is 32.4 Å². The van der Waals surface area contributed by atoms with Crippen LogP contribution in [0, 0.1) is 17.7 Å². The molecule has 4 nitrogen and oxygen atoms in total. The normalized spacial score (nSPS) is 22.5. The summed E-state index contributed by atoms with van der Waals surface area (Å²) in [4.78, 5) is 28.9. The molecule has 0 saturated carbocycles. The first-order valence-electron chi connectivity index (χ1n) is 8.88. The highest BCUT2D eigenvalue weighted by Gasteiger charge is 2.31. The number of hydrogen-bond acceptors (Lipinski definition) is 2. The lowest BCUT2D eigenvalue weighted by Gasteiger charge is -2.37. The lowest BCUT2D eigenvalue weighted by Crippen LogP contribution is -2.47. The summed E-state index contributed by atoms with van der Waals surface area (Å²) in [5.41, 5.74) is 0.506. The van der Waals surface area contributed by atoms with E-state index >= 15 is 0 Å². The number of halogens is 1. The number of carbonyl (C=O) groups is 2. The van der Waals surface area contributed by atoms with Gasteiger partial charge in [-0.15, -0.1) is 0 Å². The molecular weight excluding hydrogens is 307 g/mol. The summed E-state index contributed by atoms with van der Waals surface area (Å²) in [6.07, 6.45) is 3.73. The number of rotatable bonds is 2. The number of likely N-dealkylation sites (tertiary alicyclic amines) is 2. The van der Waals surface area contributed by atoms with E-state index in [1.165, 1.54) is 30.7 Å².